The number of rotatable bonds is 5. The Kier molecular flexibility index (Phi) is 4.31. The Labute approximate surface area is 132 Å². The van der Waals surface area contributed by atoms with E-state index in [1.165, 1.54) is 0 Å². The zero-order chi connectivity index (χ0) is 15.9. The van der Waals surface area contributed by atoms with Crippen LogP contribution in [0.25, 0.3) is 0 Å². The van der Waals surface area contributed by atoms with Crippen LogP contribution in [0.15, 0.2) is 4.52 Å². The number of likely N-dealkylation sites (tertiary alicyclic amines) is 1. The number of aromatic nitrogens is 1. The highest BCUT2D eigenvalue weighted by molar-refractivity contribution is 7.90. The second-order valence-corrected chi connectivity index (χ2v) is 8.87. The van der Waals surface area contributed by atoms with Gasteiger partial charge in [0.05, 0.1) is 10.9 Å². The Morgan fingerprint density at radius 3 is 2.64 bits per heavy atom. The second-order valence-electron chi connectivity index (χ2n) is 6.59. The van der Waals surface area contributed by atoms with Gasteiger partial charge < -0.3 is 4.52 Å². The first-order chi connectivity index (χ1) is 10.4. The fourth-order valence-corrected chi connectivity index (χ4v) is 5.02. The van der Waals surface area contributed by atoms with Gasteiger partial charge in [0, 0.05) is 31.7 Å². The monoisotopic (exact) mass is 327 g/mol. The summed E-state index contributed by atoms with van der Waals surface area (Å²) in [7, 11) is -1.34. The molecule has 3 rings (SSSR count). The van der Waals surface area contributed by atoms with E-state index in [2.05, 4.69) is 10.1 Å². The SMILES string of the molecule is Cc1noc(C)c1CN1CCCC(N(C)S(=O)(=O)C2CC2)C1. The van der Waals surface area contributed by atoms with Gasteiger partial charge in [0.2, 0.25) is 10.0 Å². The molecule has 0 aromatic carbocycles. The molecule has 2 aliphatic rings. The molecule has 1 atom stereocenters. The van der Waals surface area contributed by atoms with E-state index < -0.39 is 10.0 Å². The molecule has 124 valence electrons. The van der Waals surface area contributed by atoms with Crippen molar-refractivity contribution in [3.63, 3.8) is 0 Å². The predicted molar refractivity (Wildman–Crippen MR) is 84.0 cm³/mol. The molecular formula is C15H25N3O3S. The minimum atomic E-state index is -3.09. The van der Waals surface area contributed by atoms with E-state index in [1.807, 2.05) is 13.8 Å². The lowest BCUT2D eigenvalue weighted by atomic mass is 10.0. The highest BCUT2D eigenvalue weighted by Crippen LogP contribution is 2.32. The molecule has 0 radical (unpaired) electrons. The van der Waals surface area contributed by atoms with E-state index in [9.17, 15) is 8.42 Å². The molecule has 0 amide bonds. The fraction of sp³-hybridized carbons (Fsp3) is 0.800. The van der Waals surface area contributed by atoms with Gasteiger partial charge in [-0.2, -0.15) is 0 Å². The van der Waals surface area contributed by atoms with Crippen LogP contribution < -0.4 is 0 Å². The molecule has 1 saturated heterocycles. The van der Waals surface area contributed by atoms with Crippen molar-refractivity contribution in [3.05, 3.63) is 17.0 Å². The van der Waals surface area contributed by atoms with Crippen LogP contribution in [0.3, 0.4) is 0 Å². The lowest BCUT2D eigenvalue weighted by Gasteiger charge is -2.37. The van der Waals surface area contributed by atoms with E-state index in [0.717, 1.165) is 62.3 Å². The van der Waals surface area contributed by atoms with Crippen molar-refractivity contribution >= 4 is 10.0 Å². The van der Waals surface area contributed by atoms with E-state index in [-0.39, 0.29) is 11.3 Å². The summed E-state index contributed by atoms with van der Waals surface area (Å²) in [6, 6.07) is 0.0832. The van der Waals surface area contributed by atoms with Gasteiger partial charge >= 0.3 is 0 Å². The van der Waals surface area contributed by atoms with Crippen LogP contribution in [0.4, 0.5) is 0 Å². The van der Waals surface area contributed by atoms with Gasteiger partial charge in [0.15, 0.2) is 0 Å². The molecule has 0 bridgehead atoms. The average Bonchev–Trinajstić information content (AvgIpc) is 3.30. The maximum absolute atomic E-state index is 12.4. The molecule has 1 aromatic heterocycles. The normalized spacial score (nSPS) is 24.1. The molecule has 0 N–H and O–H groups in total. The summed E-state index contributed by atoms with van der Waals surface area (Å²) in [6.45, 7) is 6.46. The summed E-state index contributed by atoms with van der Waals surface area (Å²) in [5.74, 6) is 0.860. The van der Waals surface area contributed by atoms with Crippen molar-refractivity contribution < 1.29 is 12.9 Å². The van der Waals surface area contributed by atoms with Crippen LogP contribution in [0, 0.1) is 13.8 Å². The minimum Gasteiger partial charge on any atom is -0.361 e. The molecule has 2 fully saturated rings. The maximum atomic E-state index is 12.4. The minimum absolute atomic E-state index is 0.0832. The third-order valence-electron chi connectivity index (χ3n) is 4.90. The average molecular weight is 327 g/mol. The quantitative estimate of drug-likeness (QED) is 0.823. The molecule has 1 aliphatic carbocycles. The number of nitrogens with zero attached hydrogens (tertiary/aromatic N) is 3. The number of piperidine rings is 1. The summed E-state index contributed by atoms with van der Waals surface area (Å²) >= 11 is 0. The smallest absolute Gasteiger partial charge is 0.217 e. The summed E-state index contributed by atoms with van der Waals surface area (Å²) in [5, 5.41) is 3.87. The van der Waals surface area contributed by atoms with E-state index >= 15 is 0 Å². The molecule has 1 aliphatic heterocycles. The topological polar surface area (TPSA) is 66.7 Å². The lowest BCUT2D eigenvalue weighted by Crippen LogP contribution is -2.49. The molecule has 2 heterocycles. The Hall–Kier alpha value is -0.920. The molecule has 7 heteroatoms. The van der Waals surface area contributed by atoms with E-state index in [4.69, 9.17) is 4.52 Å². The Morgan fingerprint density at radius 2 is 2.05 bits per heavy atom. The number of likely N-dealkylation sites (N-methyl/N-ethyl adjacent to an activating group) is 1. The molecule has 1 unspecified atom stereocenters. The Bertz CT molecular complexity index is 617. The van der Waals surface area contributed by atoms with Gasteiger partial charge in [0.25, 0.3) is 0 Å². The van der Waals surface area contributed by atoms with Gasteiger partial charge in [-0.15, -0.1) is 0 Å². The number of aryl methyl sites for hydroxylation is 2. The van der Waals surface area contributed by atoms with Gasteiger partial charge in [-0.1, -0.05) is 5.16 Å². The first-order valence-electron chi connectivity index (χ1n) is 8.00. The van der Waals surface area contributed by atoms with Crippen molar-refractivity contribution in [3.8, 4) is 0 Å². The van der Waals surface area contributed by atoms with Gasteiger partial charge in [-0.25, -0.2) is 12.7 Å². The molecule has 22 heavy (non-hydrogen) atoms. The maximum Gasteiger partial charge on any atom is 0.217 e. The first kappa shape index (κ1) is 16.0. The molecule has 6 nitrogen and oxygen atoms in total. The standard InChI is InChI=1S/C15H25N3O3S/c1-11-15(12(2)21-16-11)10-18-8-4-5-13(9-18)17(3)22(19,20)14-6-7-14/h13-14H,4-10H2,1-3H3. The van der Waals surface area contributed by atoms with Crippen LogP contribution in [0.1, 0.15) is 42.7 Å². The highest BCUT2D eigenvalue weighted by atomic mass is 32.2. The Morgan fingerprint density at radius 1 is 1.32 bits per heavy atom. The summed E-state index contributed by atoms with van der Waals surface area (Å²) < 4.78 is 31.7. The van der Waals surface area contributed by atoms with Crippen molar-refractivity contribution in [1.29, 1.82) is 0 Å². The van der Waals surface area contributed by atoms with Crippen molar-refractivity contribution in [2.24, 2.45) is 0 Å². The van der Waals surface area contributed by atoms with Crippen molar-refractivity contribution in [2.45, 2.75) is 57.4 Å². The molecule has 0 spiro atoms. The summed E-state index contributed by atoms with van der Waals surface area (Å²) in [4.78, 5) is 2.32. The molecule has 1 aromatic rings. The van der Waals surface area contributed by atoms with Crippen LogP contribution >= 0.6 is 0 Å². The summed E-state index contributed by atoms with van der Waals surface area (Å²) in [6.07, 6.45) is 3.61. The largest absolute Gasteiger partial charge is 0.361 e. The first-order valence-corrected chi connectivity index (χ1v) is 9.51. The fourth-order valence-electron chi connectivity index (χ4n) is 3.23. The zero-order valence-electron chi connectivity index (χ0n) is 13.6. The molecular weight excluding hydrogens is 302 g/mol. The predicted octanol–water partition coefficient (Wildman–Crippen LogP) is 1.68. The van der Waals surface area contributed by atoms with Crippen molar-refractivity contribution in [1.82, 2.24) is 14.4 Å². The van der Waals surface area contributed by atoms with Crippen LogP contribution in [0.2, 0.25) is 0 Å². The van der Waals surface area contributed by atoms with Crippen LogP contribution in [0.5, 0.6) is 0 Å². The summed E-state index contributed by atoms with van der Waals surface area (Å²) in [5.41, 5.74) is 2.06. The third-order valence-corrected chi connectivity index (χ3v) is 7.32. The lowest BCUT2D eigenvalue weighted by molar-refractivity contribution is 0.152. The van der Waals surface area contributed by atoms with Gasteiger partial charge in [-0.3, -0.25) is 4.90 Å². The third kappa shape index (κ3) is 3.07. The van der Waals surface area contributed by atoms with Crippen LogP contribution in [-0.2, 0) is 16.6 Å². The number of hydrogen-bond donors (Lipinski definition) is 0. The van der Waals surface area contributed by atoms with Crippen LogP contribution in [-0.4, -0.2) is 54.2 Å². The van der Waals surface area contributed by atoms with E-state index in [0.29, 0.717) is 0 Å². The number of sulfonamides is 1. The van der Waals surface area contributed by atoms with Gasteiger partial charge in [0.1, 0.15) is 5.76 Å². The van der Waals surface area contributed by atoms with E-state index in [1.54, 1.807) is 11.4 Å². The second kappa shape index (κ2) is 5.94. The zero-order valence-corrected chi connectivity index (χ0v) is 14.4. The van der Waals surface area contributed by atoms with Gasteiger partial charge in [-0.05, 0) is 46.1 Å². The molecule has 1 saturated carbocycles. The number of hydrogen-bond acceptors (Lipinski definition) is 5. The van der Waals surface area contributed by atoms with Crippen molar-refractivity contribution in [2.75, 3.05) is 20.1 Å². The Balaban J connectivity index is 1.66. The highest BCUT2D eigenvalue weighted by Gasteiger charge is 2.41.